The second-order valence-corrected chi connectivity index (χ2v) is 4.46. The Hall–Kier alpha value is -2.23. The van der Waals surface area contributed by atoms with Crippen LogP contribution in [0.3, 0.4) is 0 Å². The van der Waals surface area contributed by atoms with Crippen molar-refractivity contribution in [1.29, 1.82) is 5.26 Å². The SMILES string of the molecule is CC1COC(=O)C1Oc1ccc(C#N)c(C(F)(F)F)c1. The molecule has 2 atom stereocenters. The molecule has 1 fully saturated rings. The maximum absolute atomic E-state index is 12.8. The van der Waals surface area contributed by atoms with Gasteiger partial charge in [0.1, 0.15) is 5.75 Å². The summed E-state index contributed by atoms with van der Waals surface area (Å²) in [4.78, 5) is 11.4. The largest absolute Gasteiger partial charge is 0.478 e. The number of cyclic esters (lactones) is 1. The molecule has 0 N–H and O–H groups in total. The molecule has 2 rings (SSSR count). The third-order valence-electron chi connectivity index (χ3n) is 2.92. The molecule has 0 saturated carbocycles. The molecule has 0 bridgehead atoms. The number of carbonyl (C=O) groups is 1. The van der Waals surface area contributed by atoms with Crippen molar-refractivity contribution < 1.29 is 27.4 Å². The minimum absolute atomic E-state index is 0.118. The molecule has 2 unspecified atom stereocenters. The van der Waals surface area contributed by atoms with Crippen molar-refractivity contribution in [3.8, 4) is 11.8 Å². The zero-order chi connectivity index (χ0) is 14.9. The van der Waals surface area contributed by atoms with Crippen molar-refractivity contribution in [2.45, 2.75) is 19.2 Å². The Kier molecular flexibility index (Phi) is 3.57. The molecule has 1 aliphatic rings. The van der Waals surface area contributed by atoms with Gasteiger partial charge in [-0.1, -0.05) is 6.92 Å². The number of nitriles is 1. The average Bonchev–Trinajstić information content (AvgIpc) is 2.69. The first-order chi connectivity index (χ1) is 9.32. The number of alkyl halides is 3. The van der Waals surface area contributed by atoms with Gasteiger partial charge in [-0.25, -0.2) is 4.79 Å². The standard InChI is InChI=1S/C13H10F3NO3/c1-7-6-19-12(18)11(7)20-9-3-2-8(5-17)10(4-9)13(14,15)16/h2-4,7,11H,6H2,1H3. The lowest BCUT2D eigenvalue weighted by molar-refractivity contribution is -0.143. The van der Waals surface area contributed by atoms with Gasteiger partial charge in [0.2, 0.25) is 6.10 Å². The average molecular weight is 285 g/mol. The van der Waals surface area contributed by atoms with Gasteiger partial charge < -0.3 is 9.47 Å². The maximum atomic E-state index is 12.8. The Bertz CT molecular complexity index is 577. The first-order valence-electron chi connectivity index (χ1n) is 5.77. The summed E-state index contributed by atoms with van der Waals surface area (Å²) in [6.07, 6.45) is -5.59. The van der Waals surface area contributed by atoms with Gasteiger partial charge in [0.25, 0.3) is 0 Å². The van der Waals surface area contributed by atoms with Gasteiger partial charge in [-0.15, -0.1) is 0 Å². The van der Waals surface area contributed by atoms with E-state index in [0.29, 0.717) is 0 Å². The minimum atomic E-state index is -4.66. The normalized spacial score (nSPS) is 22.2. The van der Waals surface area contributed by atoms with E-state index < -0.39 is 29.4 Å². The lowest BCUT2D eigenvalue weighted by Crippen LogP contribution is -2.27. The fourth-order valence-corrected chi connectivity index (χ4v) is 1.85. The van der Waals surface area contributed by atoms with E-state index in [0.717, 1.165) is 12.1 Å². The van der Waals surface area contributed by atoms with Crippen LogP contribution in [0.15, 0.2) is 18.2 Å². The summed E-state index contributed by atoms with van der Waals surface area (Å²) in [7, 11) is 0. The Morgan fingerprint density at radius 1 is 1.45 bits per heavy atom. The molecule has 106 valence electrons. The number of hydrogen-bond donors (Lipinski definition) is 0. The number of rotatable bonds is 2. The number of nitrogens with zero attached hydrogens (tertiary/aromatic N) is 1. The Balaban J connectivity index is 2.30. The predicted octanol–water partition coefficient (Wildman–Crippen LogP) is 2.52. The molecule has 0 aromatic heterocycles. The molecule has 0 spiro atoms. The van der Waals surface area contributed by atoms with Crippen LogP contribution in [-0.2, 0) is 15.7 Å². The summed E-state index contributed by atoms with van der Waals surface area (Å²) < 4.78 is 48.4. The Morgan fingerprint density at radius 3 is 2.65 bits per heavy atom. The van der Waals surface area contributed by atoms with Crippen LogP contribution < -0.4 is 4.74 Å². The van der Waals surface area contributed by atoms with E-state index >= 15 is 0 Å². The van der Waals surface area contributed by atoms with Crippen LogP contribution >= 0.6 is 0 Å². The smallest absolute Gasteiger partial charge is 0.417 e. The van der Waals surface area contributed by atoms with Crippen molar-refractivity contribution in [2.75, 3.05) is 6.61 Å². The van der Waals surface area contributed by atoms with Crippen molar-refractivity contribution >= 4 is 5.97 Å². The highest BCUT2D eigenvalue weighted by Crippen LogP contribution is 2.35. The summed E-state index contributed by atoms with van der Waals surface area (Å²) >= 11 is 0. The molecule has 0 amide bonds. The van der Waals surface area contributed by atoms with Crippen molar-refractivity contribution in [1.82, 2.24) is 0 Å². The van der Waals surface area contributed by atoms with Crippen LogP contribution in [0.25, 0.3) is 0 Å². The molecule has 20 heavy (non-hydrogen) atoms. The van der Waals surface area contributed by atoms with E-state index in [1.807, 2.05) is 0 Å². The Labute approximate surface area is 112 Å². The monoisotopic (exact) mass is 285 g/mol. The van der Waals surface area contributed by atoms with Crippen LogP contribution in [-0.4, -0.2) is 18.7 Å². The molecule has 1 saturated heterocycles. The predicted molar refractivity (Wildman–Crippen MR) is 60.7 cm³/mol. The van der Waals surface area contributed by atoms with Crippen LogP contribution in [0.5, 0.6) is 5.75 Å². The van der Waals surface area contributed by atoms with E-state index in [1.165, 1.54) is 12.1 Å². The number of benzene rings is 1. The topological polar surface area (TPSA) is 59.3 Å². The van der Waals surface area contributed by atoms with Gasteiger partial charge in [-0.2, -0.15) is 18.4 Å². The highest BCUT2D eigenvalue weighted by atomic mass is 19.4. The van der Waals surface area contributed by atoms with Gasteiger partial charge >= 0.3 is 12.1 Å². The summed E-state index contributed by atoms with van der Waals surface area (Å²) in [5.74, 6) is -0.963. The first kappa shape index (κ1) is 14.2. The summed E-state index contributed by atoms with van der Waals surface area (Å²) in [6, 6.07) is 4.44. The molecule has 0 aliphatic carbocycles. The van der Waals surface area contributed by atoms with Crippen molar-refractivity contribution in [3.05, 3.63) is 29.3 Å². The summed E-state index contributed by atoms with van der Waals surface area (Å²) in [5, 5.41) is 8.68. The van der Waals surface area contributed by atoms with Gasteiger partial charge in [0.05, 0.1) is 23.8 Å². The summed E-state index contributed by atoms with van der Waals surface area (Å²) in [6.45, 7) is 1.87. The van der Waals surface area contributed by atoms with E-state index in [-0.39, 0.29) is 18.3 Å². The second kappa shape index (κ2) is 5.04. The molecule has 7 heteroatoms. The first-order valence-corrected chi connectivity index (χ1v) is 5.77. The molecule has 0 radical (unpaired) electrons. The molecule has 1 heterocycles. The van der Waals surface area contributed by atoms with E-state index in [9.17, 15) is 18.0 Å². The molecule has 1 aromatic rings. The van der Waals surface area contributed by atoms with Crippen molar-refractivity contribution in [2.24, 2.45) is 5.92 Å². The van der Waals surface area contributed by atoms with Crippen molar-refractivity contribution in [3.63, 3.8) is 0 Å². The maximum Gasteiger partial charge on any atom is 0.417 e. The fourth-order valence-electron chi connectivity index (χ4n) is 1.85. The van der Waals surface area contributed by atoms with Gasteiger partial charge in [-0.3, -0.25) is 0 Å². The second-order valence-electron chi connectivity index (χ2n) is 4.46. The molecule has 1 aromatic carbocycles. The van der Waals surface area contributed by atoms with Crippen LogP contribution in [0.2, 0.25) is 0 Å². The number of halogens is 3. The highest BCUT2D eigenvalue weighted by Gasteiger charge is 2.37. The van der Waals surface area contributed by atoms with Crippen LogP contribution in [0, 0.1) is 17.2 Å². The third kappa shape index (κ3) is 2.69. The summed E-state index contributed by atoms with van der Waals surface area (Å²) in [5.41, 5.74) is -1.58. The third-order valence-corrected chi connectivity index (χ3v) is 2.92. The van der Waals surface area contributed by atoms with Gasteiger partial charge in [0, 0.05) is 5.92 Å². The number of ether oxygens (including phenoxy) is 2. The number of hydrogen-bond acceptors (Lipinski definition) is 4. The zero-order valence-electron chi connectivity index (χ0n) is 10.4. The zero-order valence-corrected chi connectivity index (χ0v) is 10.4. The van der Waals surface area contributed by atoms with E-state index in [4.69, 9.17) is 14.7 Å². The van der Waals surface area contributed by atoms with Gasteiger partial charge in [-0.05, 0) is 18.2 Å². The van der Waals surface area contributed by atoms with Crippen LogP contribution in [0.4, 0.5) is 13.2 Å². The quantitative estimate of drug-likeness (QED) is 0.783. The molecular formula is C13H10F3NO3. The lowest BCUT2D eigenvalue weighted by atomic mass is 10.1. The van der Waals surface area contributed by atoms with E-state index in [2.05, 4.69) is 0 Å². The fraction of sp³-hybridized carbons (Fsp3) is 0.385. The molecule has 4 nitrogen and oxygen atoms in total. The highest BCUT2D eigenvalue weighted by molar-refractivity contribution is 5.77. The molecular weight excluding hydrogens is 275 g/mol. The van der Waals surface area contributed by atoms with Crippen LogP contribution in [0.1, 0.15) is 18.1 Å². The molecule has 1 aliphatic heterocycles. The number of esters is 1. The number of carbonyl (C=O) groups excluding carboxylic acids is 1. The van der Waals surface area contributed by atoms with Gasteiger partial charge in [0.15, 0.2) is 0 Å². The lowest BCUT2D eigenvalue weighted by Gasteiger charge is -2.16. The Morgan fingerprint density at radius 2 is 2.15 bits per heavy atom. The van der Waals surface area contributed by atoms with E-state index in [1.54, 1.807) is 6.92 Å². The minimum Gasteiger partial charge on any atom is -0.478 e.